The van der Waals surface area contributed by atoms with Crippen LogP contribution in [-0.2, 0) is 0 Å². The van der Waals surface area contributed by atoms with Crippen molar-refractivity contribution in [2.75, 3.05) is 5.43 Å². The zero-order chi connectivity index (χ0) is 18.5. The van der Waals surface area contributed by atoms with Gasteiger partial charge in [0.05, 0.1) is 22.1 Å². The molecule has 0 amide bonds. The molecule has 9 nitrogen and oxygen atoms in total. The number of hydrogen-bond donors (Lipinski definition) is 1. The predicted octanol–water partition coefficient (Wildman–Crippen LogP) is 4.21. The van der Waals surface area contributed by atoms with Gasteiger partial charge in [-0.2, -0.15) is 5.10 Å². The van der Waals surface area contributed by atoms with Gasteiger partial charge in [-0.1, -0.05) is 30.3 Å². The van der Waals surface area contributed by atoms with E-state index in [1.165, 1.54) is 12.3 Å². The molecule has 26 heavy (non-hydrogen) atoms. The fourth-order valence-electron chi connectivity index (χ4n) is 2.22. The Morgan fingerprint density at radius 3 is 2.42 bits per heavy atom. The third-order valence-electron chi connectivity index (χ3n) is 3.45. The number of rotatable bonds is 6. The zero-order valence-electron chi connectivity index (χ0n) is 13.2. The van der Waals surface area contributed by atoms with Gasteiger partial charge in [-0.3, -0.25) is 25.7 Å². The van der Waals surface area contributed by atoms with E-state index in [1.807, 2.05) is 30.3 Å². The van der Waals surface area contributed by atoms with Crippen LogP contribution in [0.5, 0.6) is 0 Å². The van der Waals surface area contributed by atoms with E-state index in [0.717, 1.165) is 17.7 Å². The van der Waals surface area contributed by atoms with E-state index in [2.05, 4.69) is 10.5 Å². The fourth-order valence-corrected chi connectivity index (χ4v) is 2.22. The lowest BCUT2D eigenvalue weighted by molar-refractivity contribution is -0.393. The SMILES string of the molecule is O=[N+]([O-])c1ccc(NN=Cc2ccc(-c3ccccc3)o2)c([N+](=O)[O-])c1. The smallest absolute Gasteiger partial charge is 0.301 e. The van der Waals surface area contributed by atoms with Gasteiger partial charge in [0.15, 0.2) is 0 Å². The summed E-state index contributed by atoms with van der Waals surface area (Å²) in [6.07, 6.45) is 1.36. The standard InChI is InChI=1S/C17H12N4O5/c22-20(23)13-6-8-15(16(10-13)21(24)25)19-18-11-14-7-9-17(26-14)12-4-2-1-3-5-12/h1-11,19H. The van der Waals surface area contributed by atoms with Crippen LogP contribution >= 0.6 is 0 Å². The Hall–Kier alpha value is -4.01. The van der Waals surface area contributed by atoms with Crippen LogP contribution < -0.4 is 5.43 Å². The van der Waals surface area contributed by atoms with Crippen molar-refractivity contribution in [3.05, 3.63) is 86.7 Å². The van der Waals surface area contributed by atoms with E-state index in [9.17, 15) is 20.2 Å². The van der Waals surface area contributed by atoms with Crippen molar-refractivity contribution in [2.24, 2.45) is 5.10 Å². The number of anilines is 1. The lowest BCUT2D eigenvalue weighted by Gasteiger charge is -2.01. The van der Waals surface area contributed by atoms with Crippen LogP contribution in [0.25, 0.3) is 11.3 Å². The van der Waals surface area contributed by atoms with Crippen LogP contribution in [-0.4, -0.2) is 16.1 Å². The van der Waals surface area contributed by atoms with Gasteiger partial charge < -0.3 is 4.42 Å². The van der Waals surface area contributed by atoms with Gasteiger partial charge in [0, 0.05) is 11.6 Å². The Bertz CT molecular complexity index is 982. The number of furan rings is 1. The summed E-state index contributed by atoms with van der Waals surface area (Å²) in [5.41, 5.74) is 2.63. The highest BCUT2D eigenvalue weighted by Crippen LogP contribution is 2.29. The lowest BCUT2D eigenvalue weighted by Crippen LogP contribution is -1.98. The second-order valence-electron chi connectivity index (χ2n) is 5.15. The van der Waals surface area contributed by atoms with Crippen LogP contribution in [0.2, 0.25) is 0 Å². The summed E-state index contributed by atoms with van der Waals surface area (Å²) in [6, 6.07) is 16.2. The Labute approximate surface area is 146 Å². The third kappa shape index (κ3) is 3.73. The van der Waals surface area contributed by atoms with Gasteiger partial charge >= 0.3 is 5.69 Å². The second kappa shape index (κ2) is 7.26. The Kier molecular flexibility index (Phi) is 4.70. The number of benzene rings is 2. The van der Waals surface area contributed by atoms with E-state index in [4.69, 9.17) is 4.42 Å². The van der Waals surface area contributed by atoms with E-state index in [0.29, 0.717) is 11.5 Å². The first-order valence-corrected chi connectivity index (χ1v) is 7.42. The average Bonchev–Trinajstić information content (AvgIpc) is 3.11. The molecular formula is C17H12N4O5. The molecule has 0 saturated heterocycles. The van der Waals surface area contributed by atoms with E-state index in [-0.39, 0.29) is 11.4 Å². The minimum atomic E-state index is -0.717. The van der Waals surface area contributed by atoms with Crippen LogP contribution in [0.4, 0.5) is 17.1 Å². The summed E-state index contributed by atoms with van der Waals surface area (Å²) in [6.45, 7) is 0. The summed E-state index contributed by atoms with van der Waals surface area (Å²) < 4.78 is 5.62. The normalized spacial score (nSPS) is 10.8. The van der Waals surface area contributed by atoms with E-state index in [1.54, 1.807) is 12.1 Å². The number of nitrogens with zero attached hydrogens (tertiary/aromatic N) is 3. The molecule has 0 aliphatic carbocycles. The van der Waals surface area contributed by atoms with Gasteiger partial charge in [0.25, 0.3) is 5.69 Å². The molecule has 2 aromatic carbocycles. The molecule has 130 valence electrons. The zero-order valence-corrected chi connectivity index (χ0v) is 13.2. The van der Waals surface area contributed by atoms with Gasteiger partial charge in [-0.15, -0.1) is 0 Å². The molecule has 0 fully saturated rings. The molecule has 0 radical (unpaired) electrons. The van der Waals surface area contributed by atoms with Crippen LogP contribution in [0.15, 0.2) is 70.2 Å². The highest BCUT2D eigenvalue weighted by atomic mass is 16.6. The second-order valence-corrected chi connectivity index (χ2v) is 5.15. The van der Waals surface area contributed by atoms with Crippen molar-refractivity contribution in [1.82, 2.24) is 0 Å². The van der Waals surface area contributed by atoms with Crippen LogP contribution in [0, 0.1) is 20.2 Å². The maximum absolute atomic E-state index is 11.1. The molecule has 0 aliphatic heterocycles. The molecule has 0 atom stereocenters. The Morgan fingerprint density at radius 2 is 1.73 bits per heavy atom. The lowest BCUT2D eigenvalue weighted by atomic mass is 10.2. The number of hydrogen-bond acceptors (Lipinski definition) is 7. The first-order valence-electron chi connectivity index (χ1n) is 7.42. The summed E-state index contributed by atoms with van der Waals surface area (Å²) in [7, 11) is 0. The molecule has 0 spiro atoms. The van der Waals surface area contributed by atoms with Crippen molar-refractivity contribution >= 4 is 23.3 Å². The largest absolute Gasteiger partial charge is 0.455 e. The molecule has 0 bridgehead atoms. The first-order chi connectivity index (χ1) is 12.5. The number of non-ortho nitro benzene ring substituents is 1. The summed E-state index contributed by atoms with van der Waals surface area (Å²) in [5, 5.41) is 25.7. The number of nitro benzene ring substituents is 2. The minimum Gasteiger partial charge on any atom is -0.455 e. The van der Waals surface area contributed by atoms with Crippen LogP contribution in [0.3, 0.4) is 0 Å². The molecule has 9 heteroatoms. The molecular weight excluding hydrogens is 340 g/mol. The third-order valence-corrected chi connectivity index (χ3v) is 3.45. The molecule has 3 rings (SSSR count). The first kappa shape index (κ1) is 16.8. The number of nitrogens with one attached hydrogen (secondary N) is 1. The molecule has 0 aliphatic rings. The Balaban J connectivity index is 1.76. The van der Waals surface area contributed by atoms with E-state index >= 15 is 0 Å². The monoisotopic (exact) mass is 352 g/mol. The number of hydrazone groups is 1. The highest BCUT2D eigenvalue weighted by Gasteiger charge is 2.19. The van der Waals surface area contributed by atoms with Gasteiger partial charge in [-0.25, -0.2) is 0 Å². The highest BCUT2D eigenvalue weighted by molar-refractivity contribution is 5.78. The molecule has 3 aromatic rings. The summed E-state index contributed by atoms with van der Waals surface area (Å²) in [4.78, 5) is 20.4. The molecule has 1 heterocycles. The Morgan fingerprint density at radius 1 is 0.962 bits per heavy atom. The van der Waals surface area contributed by atoms with Gasteiger partial charge in [-0.05, 0) is 18.2 Å². The summed E-state index contributed by atoms with van der Waals surface area (Å²) >= 11 is 0. The van der Waals surface area contributed by atoms with Crippen molar-refractivity contribution in [1.29, 1.82) is 0 Å². The maximum Gasteiger partial charge on any atom is 0.301 e. The molecule has 0 unspecified atom stereocenters. The summed E-state index contributed by atoms with van der Waals surface area (Å²) in [5.74, 6) is 1.11. The quantitative estimate of drug-likeness (QED) is 0.402. The molecule has 1 N–H and O–H groups in total. The van der Waals surface area contributed by atoms with Crippen molar-refractivity contribution in [3.63, 3.8) is 0 Å². The maximum atomic E-state index is 11.1. The molecule has 1 aromatic heterocycles. The van der Waals surface area contributed by atoms with Crippen molar-refractivity contribution in [3.8, 4) is 11.3 Å². The van der Waals surface area contributed by atoms with Crippen molar-refractivity contribution in [2.45, 2.75) is 0 Å². The van der Waals surface area contributed by atoms with Crippen LogP contribution in [0.1, 0.15) is 5.76 Å². The fraction of sp³-hybridized carbons (Fsp3) is 0. The van der Waals surface area contributed by atoms with E-state index < -0.39 is 15.5 Å². The van der Waals surface area contributed by atoms with Gasteiger partial charge in [0.2, 0.25) is 0 Å². The topological polar surface area (TPSA) is 124 Å². The molecule has 0 saturated carbocycles. The van der Waals surface area contributed by atoms with Crippen molar-refractivity contribution < 1.29 is 14.3 Å². The average molecular weight is 352 g/mol. The predicted molar refractivity (Wildman–Crippen MR) is 95.1 cm³/mol. The van der Waals surface area contributed by atoms with Gasteiger partial charge in [0.1, 0.15) is 17.2 Å². The number of nitro groups is 2. The minimum absolute atomic E-state index is 0.0340.